The highest BCUT2D eigenvalue weighted by Crippen LogP contribution is 2.25. The molecule has 0 fully saturated rings. The van der Waals surface area contributed by atoms with Gasteiger partial charge in [0.25, 0.3) is 5.91 Å². The lowest BCUT2D eigenvalue weighted by Crippen LogP contribution is -2.11. The summed E-state index contributed by atoms with van der Waals surface area (Å²) in [4.78, 5) is 11.7. The average Bonchev–Trinajstić information content (AvgIpc) is 2.76. The van der Waals surface area contributed by atoms with Crippen molar-refractivity contribution in [3.63, 3.8) is 0 Å². The molecule has 16 heavy (non-hydrogen) atoms. The van der Waals surface area contributed by atoms with Gasteiger partial charge in [-0.05, 0) is 24.3 Å². The van der Waals surface area contributed by atoms with Gasteiger partial charge in [0.1, 0.15) is 6.26 Å². The smallest absolute Gasteiger partial charge is 0.258 e. The van der Waals surface area contributed by atoms with Crippen molar-refractivity contribution in [3.05, 3.63) is 52.4 Å². The maximum absolute atomic E-state index is 11.7. The van der Waals surface area contributed by atoms with Crippen molar-refractivity contribution in [1.82, 2.24) is 0 Å². The van der Waals surface area contributed by atoms with E-state index in [1.807, 2.05) is 0 Å². The van der Waals surface area contributed by atoms with Crippen molar-refractivity contribution in [2.75, 3.05) is 5.32 Å². The number of rotatable bonds is 2. The predicted molar refractivity (Wildman–Crippen MR) is 63.1 cm³/mol. The van der Waals surface area contributed by atoms with Crippen LogP contribution in [0.5, 0.6) is 0 Å². The second kappa shape index (κ2) is 4.60. The van der Waals surface area contributed by atoms with E-state index < -0.39 is 0 Å². The molecule has 1 heterocycles. The van der Waals surface area contributed by atoms with Gasteiger partial charge in [0.2, 0.25) is 0 Å². The van der Waals surface area contributed by atoms with Crippen LogP contribution < -0.4 is 5.32 Å². The largest absolute Gasteiger partial charge is 0.472 e. The minimum atomic E-state index is -0.294. The normalized spacial score (nSPS) is 10.1. The van der Waals surface area contributed by atoms with Crippen LogP contribution in [0.3, 0.4) is 0 Å². The summed E-state index contributed by atoms with van der Waals surface area (Å²) in [5.41, 5.74) is 0.899. The van der Waals surface area contributed by atoms with Crippen molar-refractivity contribution in [2.45, 2.75) is 0 Å². The van der Waals surface area contributed by atoms with E-state index in [2.05, 4.69) is 5.32 Å². The lowest BCUT2D eigenvalue weighted by Gasteiger charge is -2.05. The van der Waals surface area contributed by atoms with Crippen molar-refractivity contribution < 1.29 is 9.21 Å². The van der Waals surface area contributed by atoms with E-state index in [-0.39, 0.29) is 5.91 Å². The third-order valence-electron chi connectivity index (χ3n) is 1.96. The Morgan fingerprint density at radius 1 is 1.25 bits per heavy atom. The van der Waals surface area contributed by atoms with E-state index in [4.69, 9.17) is 27.6 Å². The molecule has 1 aromatic heterocycles. The van der Waals surface area contributed by atoms with Gasteiger partial charge in [-0.1, -0.05) is 23.2 Å². The van der Waals surface area contributed by atoms with Crippen LogP contribution in [-0.4, -0.2) is 5.91 Å². The summed E-state index contributed by atoms with van der Waals surface area (Å²) >= 11 is 11.7. The van der Waals surface area contributed by atoms with Crippen LogP contribution in [0.1, 0.15) is 10.4 Å². The molecule has 2 aromatic rings. The zero-order chi connectivity index (χ0) is 11.5. The van der Waals surface area contributed by atoms with Crippen LogP contribution >= 0.6 is 23.2 Å². The van der Waals surface area contributed by atoms with Crippen molar-refractivity contribution in [1.29, 1.82) is 0 Å². The number of halogens is 2. The Morgan fingerprint density at radius 2 is 2.06 bits per heavy atom. The van der Waals surface area contributed by atoms with Crippen LogP contribution in [0.15, 0.2) is 41.2 Å². The highest BCUT2D eigenvalue weighted by molar-refractivity contribution is 6.35. The highest BCUT2D eigenvalue weighted by Gasteiger charge is 2.09. The van der Waals surface area contributed by atoms with Crippen LogP contribution in [0.4, 0.5) is 5.69 Å². The van der Waals surface area contributed by atoms with Gasteiger partial charge >= 0.3 is 0 Å². The molecular weight excluding hydrogens is 249 g/mol. The van der Waals surface area contributed by atoms with Gasteiger partial charge in [-0.25, -0.2) is 0 Å². The summed E-state index contributed by atoms with van der Waals surface area (Å²) in [5, 5.41) is 3.58. The van der Waals surface area contributed by atoms with Gasteiger partial charge in [-0.2, -0.15) is 0 Å². The van der Waals surface area contributed by atoms with Gasteiger partial charge in [0, 0.05) is 5.02 Å². The van der Waals surface area contributed by atoms with Gasteiger partial charge in [0.15, 0.2) is 0 Å². The average molecular weight is 256 g/mol. The molecule has 0 aliphatic carbocycles. The van der Waals surface area contributed by atoms with Crippen LogP contribution in [-0.2, 0) is 0 Å². The number of benzene rings is 1. The maximum Gasteiger partial charge on any atom is 0.258 e. The topological polar surface area (TPSA) is 42.2 Å². The molecule has 82 valence electrons. The standard InChI is InChI=1S/C11H7Cl2NO2/c12-8-1-2-9(13)10(5-8)14-11(15)7-3-4-16-6-7/h1-6H,(H,14,15). The van der Waals surface area contributed by atoms with Gasteiger partial charge in [-0.15, -0.1) is 0 Å². The Labute approximate surface area is 102 Å². The summed E-state index contributed by atoms with van der Waals surface area (Å²) in [6.45, 7) is 0. The Kier molecular flexibility index (Phi) is 3.17. The molecule has 2 rings (SSSR count). The Balaban J connectivity index is 2.21. The summed E-state index contributed by atoms with van der Waals surface area (Å²) in [7, 11) is 0. The van der Waals surface area contributed by atoms with E-state index in [9.17, 15) is 4.79 Å². The second-order valence-electron chi connectivity index (χ2n) is 3.09. The molecule has 0 radical (unpaired) electrons. The SMILES string of the molecule is O=C(Nc1cc(Cl)ccc1Cl)c1ccoc1. The molecule has 0 bridgehead atoms. The lowest BCUT2D eigenvalue weighted by atomic mass is 10.3. The number of anilines is 1. The molecule has 0 saturated carbocycles. The van der Waals surface area contributed by atoms with Crippen molar-refractivity contribution >= 4 is 34.8 Å². The highest BCUT2D eigenvalue weighted by atomic mass is 35.5. The van der Waals surface area contributed by atoms with E-state index in [1.54, 1.807) is 24.3 Å². The number of carbonyl (C=O) groups excluding carboxylic acids is 1. The van der Waals surface area contributed by atoms with Crippen LogP contribution in [0.2, 0.25) is 10.0 Å². The predicted octanol–water partition coefficient (Wildman–Crippen LogP) is 3.84. The molecule has 5 heteroatoms. The Morgan fingerprint density at radius 3 is 2.75 bits per heavy atom. The minimum Gasteiger partial charge on any atom is -0.472 e. The number of amides is 1. The lowest BCUT2D eigenvalue weighted by molar-refractivity contribution is 0.102. The van der Waals surface area contributed by atoms with E-state index in [0.717, 1.165) is 0 Å². The summed E-state index contributed by atoms with van der Waals surface area (Å²) in [6.07, 6.45) is 2.78. The molecule has 0 saturated heterocycles. The Bertz CT molecular complexity index is 509. The first-order chi connectivity index (χ1) is 7.66. The molecule has 1 amide bonds. The minimum absolute atomic E-state index is 0.294. The zero-order valence-electron chi connectivity index (χ0n) is 8.04. The summed E-state index contributed by atoms with van der Waals surface area (Å²) in [6, 6.07) is 6.42. The van der Waals surface area contributed by atoms with Crippen LogP contribution in [0, 0.1) is 0 Å². The first-order valence-electron chi connectivity index (χ1n) is 4.45. The van der Waals surface area contributed by atoms with E-state index >= 15 is 0 Å². The van der Waals surface area contributed by atoms with Gasteiger partial charge in [0.05, 0.1) is 22.5 Å². The number of carbonyl (C=O) groups is 1. The monoisotopic (exact) mass is 255 g/mol. The molecule has 0 unspecified atom stereocenters. The molecular formula is C11H7Cl2NO2. The third kappa shape index (κ3) is 2.38. The zero-order valence-corrected chi connectivity index (χ0v) is 9.55. The van der Waals surface area contributed by atoms with E-state index in [1.165, 1.54) is 12.5 Å². The second-order valence-corrected chi connectivity index (χ2v) is 3.93. The molecule has 0 spiro atoms. The third-order valence-corrected chi connectivity index (χ3v) is 2.52. The maximum atomic E-state index is 11.7. The molecule has 0 aliphatic heterocycles. The Hall–Kier alpha value is -1.45. The van der Waals surface area contributed by atoms with Gasteiger partial charge in [-0.3, -0.25) is 4.79 Å². The molecule has 1 aromatic carbocycles. The fourth-order valence-corrected chi connectivity index (χ4v) is 1.52. The number of hydrogen-bond acceptors (Lipinski definition) is 2. The fourth-order valence-electron chi connectivity index (χ4n) is 1.18. The van der Waals surface area contributed by atoms with Crippen molar-refractivity contribution in [3.8, 4) is 0 Å². The summed E-state index contributed by atoms with van der Waals surface area (Å²) < 4.78 is 4.81. The molecule has 3 nitrogen and oxygen atoms in total. The van der Waals surface area contributed by atoms with Gasteiger partial charge < -0.3 is 9.73 Å². The van der Waals surface area contributed by atoms with Crippen molar-refractivity contribution in [2.24, 2.45) is 0 Å². The number of hydrogen-bond donors (Lipinski definition) is 1. The van der Waals surface area contributed by atoms with E-state index in [0.29, 0.717) is 21.3 Å². The first-order valence-corrected chi connectivity index (χ1v) is 5.21. The fraction of sp³-hybridized carbons (Fsp3) is 0. The molecule has 0 atom stereocenters. The molecule has 0 aliphatic rings. The number of furan rings is 1. The first kappa shape index (κ1) is 11.0. The summed E-state index contributed by atoms with van der Waals surface area (Å²) in [5.74, 6) is -0.294. The molecule has 1 N–H and O–H groups in total. The van der Waals surface area contributed by atoms with Crippen LogP contribution in [0.25, 0.3) is 0 Å². The quantitative estimate of drug-likeness (QED) is 0.886. The number of nitrogens with one attached hydrogen (secondary N) is 1.